The van der Waals surface area contributed by atoms with Crippen LogP contribution in [0.15, 0.2) is 12.1 Å². The zero-order valence-corrected chi connectivity index (χ0v) is 7.65. The molecular formula is C8H8BF4O-. The predicted octanol–water partition coefficient (Wildman–Crippen LogP) is 2.20. The number of benzene rings is 1. The van der Waals surface area contributed by atoms with Crippen molar-refractivity contribution >= 4 is 12.4 Å². The first-order valence-corrected chi connectivity index (χ1v) is 3.91. The molecule has 0 spiro atoms. The van der Waals surface area contributed by atoms with Crippen LogP contribution in [-0.2, 0) is 0 Å². The van der Waals surface area contributed by atoms with Crippen molar-refractivity contribution in [2.75, 3.05) is 7.11 Å². The summed E-state index contributed by atoms with van der Waals surface area (Å²) in [7, 11) is 1.14. The largest absolute Gasteiger partial charge is 0.512 e. The Morgan fingerprint density at radius 2 is 1.79 bits per heavy atom. The highest BCUT2D eigenvalue weighted by Gasteiger charge is 2.30. The molecule has 0 aliphatic carbocycles. The summed E-state index contributed by atoms with van der Waals surface area (Å²) >= 11 is 0. The number of halogens is 4. The van der Waals surface area contributed by atoms with Crippen molar-refractivity contribution in [3.05, 3.63) is 23.5 Å². The third kappa shape index (κ3) is 1.83. The fourth-order valence-corrected chi connectivity index (χ4v) is 1.17. The molecule has 6 heteroatoms. The average molecular weight is 207 g/mol. The third-order valence-corrected chi connectivity index (χ3v) is 1.88. The molecule has 14 heavy (non-hydrogen) atoms. The highest BCUT2D eigenvalue weighted by atomic mass is 19.4. The summed E-state index contributed by atoms with van der Waals surface area (Å²) in [6, 6.07) is 1.92. The molecule has 0 aliphatic rings. The van der Waals surface area contributed by atoms with Gasteiger partial charge in [0.2, 0.25) is 0 Å². The predicted molar refractivity (Wildman–Crippen MR) is 46.4 cm³/mol. The maximum atomic E-state index is 13.2. The van der Waals surface area contributed by atoms with Gasteiger partial charge in [0.05, 0.1) is 7.11 Å². The summed E-state index contributed by atoms with van der Waals surface area (Å²) in [5.41, 5.74) is -0.902. The Balaban J connectivity index is 3.36. The van der Waals surface area contributed by atoms with Crippen molar-refractivity contribution in [2.24, 2.45) is 0 Å². The minimum Gasteiger partial charge on any atom is -0.494 e. The molecule has 78 valence electrons. The lowest BCUT2D eigenvalue weighted by Gasteiger charge is -2.18. The molecule has 0 fully saturated rings. The second kappa shape index (κ2) is 3.51. The van der Waals surface area contributed by atoms with E-state index in [0.29, 0.717) is 5.56 Å². The minimum atomic E-state index is -5.33. The number of rotatable bonds is 2. The molecule has 0 unspecified atom stereocenters. The van der Waals surface area contributed by atoms with Crippen LogP contribution in [0.5, 0.6) is 5.75 Å². The van der Waals surface area contributed by atoms with Crippen molar-refractivity contribution in [2.45, 2.75) is 6.92 Å². The first-order chi connectivity index (χ1) is 6.38. The second-order valence-electron chi connectivity index (χ2n) is 2.89. The fourth-order valence-electron chi connectivity index (χ4n) is 1.17. The Labute approximate surface area is 78.7 Å². The monoisotopic (exact) mass is 207 g/mol. The molecule has 0 aromatic heterocycles. The molecule has 0 saturated heterocycles. The number of ether oxygens (including phenoxy) is 1. The summed E-state index contributed by atoms with van der Waals surface area (Å²) in [6.07, 6.45) is 0. The van der Waals surface area contributed by atoms with Crippen molar-refractivity contribution < 1.29 is 22.1 Å². The van der Waals surface area contributed by atoms with Gasteiger partial charge in [-0.05, 0) is 12.5 Å². The van der Waals surface area contributed by atoms with E-state index < -0.39 is 18.3 Å². The molecule has 1 nitrogen and oxygen atoms in total. The van der Waals surface area contributed by atoms with Gasteiger partial charge in [-0.15, -0.1) is 0 Å². The van der Waals surface area contributed by atoms with Crippen LogP contribution in [0, 0.1) is 12.7 Å². The standard InChI is InChI=1S/C8H8BF4O/c1-5-3-4-6(9(11,12)13)7(10)8(5)14-2/h3-4H,1-2H3/q-1. The maximum Gasteiger partial charge on any atom is 0.512 e. The van der Waals surface area contributed by atoms with Crippen LogP contribution in [-0.4, -0.2) is 14.1 Å². The number of hydrogen-bond acceptors (Lipinski definition) is 1. The smallest absolute Gasteiger partial charge is 0.494 e. The van der Waals surface area contributed by atoms with Gasteiger partial charge < -0.3 is 17.7 Å². The number of hydrogen-bond donors (Lipinski definition) is 0. The highest BCUT2D eigenvalue weighted by molar-refractivity contribution is 6.73. The van der Waals surface area contributed by atoms with E-state index in [1.54, 1.807) is 0 Å². The summed E-state index contributed by atoms with van der Waals surface area (Å²) in [5, 5.41) is 0. The van der Waals surface area contributed by atoms with E-state index in [9.17, 15) is 17.3 Å². The number of methoxy groups -OCH3 is 1. The highest BCUT2D eigenvalue weighted by Crippen LogP contribution is 2.23. The van der Waals surface area contributed by atoms with E-state index >= 15 is 0 Å². The Bertz CT molecular complexity index is 348. The first-order valence-electron chi connectivity index (χ1n) is 3.91. The van der Waals surface area contributed by atoms with E-state index in [0.717, 1.165) is 13.2 Å². The average Bonchev–Trinajstić information content (AvgIpc) is 2.02. The quantitative estimate of drug-likeness (QED) is 0.533. The molecule has 1 aromatic carbocycles. The Hall–Kier alpha value is -1.20. The molecule has 0 heterocycles. The SMILES string of the molecule is COc1c(C)ccc([B-](F)(F)F)c1F. The third-order valence-electron chi connectivity index (χ3n) is 1.88. The number of aryl methyl sites for hydroxylation is 1. The molecule has 0 saturated carbocycles. The van der Waals surface area contributed by atoms with E-state index in [4.69, 9.17) is 0 Å². The van der Waals surface area contributed by atoms with Crippen LogP contribution in [0.3, 0.4) is 0 Å². The van der Waals surface area contributed by atoms with Crippen LogP contribution in [0.4, 0.5) is 17.3 Å². The molecule has 0 amide bonds. The zero-order chi connectivity index (χ0) is 10.9. The molecule has 0 bridgehead atoms. The topological polar surface area (TPSA) is 9.23 Å². The Kier molecular flexibility index (Phi) is 2.73. The summed E-state index contributed by atoms with van der Waals surface area (Å²) in [5.74, 6) is -1.68. The molecule has 1 aromatic rings. The zero-order valence-electron chi connectivity index (χ0n) is 7.65. The Morgan fingerprint density at radius 1 is 1.21 bits per heavy atom. The van der Waals surface area contributed by atoms with Gasteiger partial charge in [-0.1, -0.05) is 17.6 Å². The van der Waals surface area contributed by atoms with Crippen molar-refractivity contribution in [1.82, 2.24) is 0 Å². The van der Waals surface area contributed by atoms with Crippen molar-refractivity contribution in [3.8, 4) is 5.75 Å². The molecule has 0 N–H and O–H groups in total. The molecule has 0 atom stereocenters. The lowest BCUT2D eigenvalue weighted by Crippen LogP contribution is -2.37. The lowest BCUT2D eigenvalue weighted by molar-refractivity contribution is 0.383. The van der Waals surface area contributed by atoms with Gasteiger partial charge in [0, 0.05) is 0 Å². The van der Waals surface area contributed by atoms with Crippen LogP contribution in [0.25, 0.3) is 0 Å². The van der Waals surface area contributed by atoms with Gasteiger partial charge in [-0.2, -0.15) is 0 Å². The van der Waals surface area contributed by atoms with Crippen LogP contribution in [0.1, 0.15) is 5.56 Å². The second-order valence-corrected chi connectivity index (χ2v) is 2.89. The van der Waals surface area contributed by atoms with Crippen molar-refractivity contribution in [1.29, 1.82) is 0 Å². The molecule has 0 radical (unpaired) electrons. The van der Waals surface area contributed by atoms with E-state index in [1.165, 1.54) is 13.0 Å². The normalized spacial score (nSPS) is 11.6. The molecule has 0 aliphatic heterocycles. The van der Waals surface area contributed by atoms with Crippen molar-refractivity contribution in [3.63, 3.8) is 0 Å². The van der Waals surface area contributed by atoms with Crippen LogP contribution < -0.4 is 10.2 Å². The van der Waals surface area contributed by atoms with E-state index in [2.05, 4.69) is 4.74 Å². The van der Waals surface area contributed by atoms with E-state index in [-0.39, 0.29) is 5.75 Å². The summed E-state index contributed by atoms with van der Waals surface area (Å²) in [6.45, 7) is -3.84. The van der Waals surface area contributed by atoms with E-state index in [1.807, 2.05) is 0 Å². The van der Waals surface area contributed by atoms with Gasteiger partial charge in [0.25, 0.3) is 0 Å². The van der Waals surface area contributed by atoms with Crippen LogP contribution in [0.2, 0.25) is 0 Å². The van der Waals surface area contributed by atoms with Gasteiger partial charge in [-0.25, -0.2) is 4.39 Å². The summed E-state index contributed by atoms with van der Waals surface area (Å²) < 4.78 is 54.5. The maximum absolute atomic E-state index is 13.2. The summed E-state index contributed by atoms with van der Waals surface area (Å²) in [4.78, 5) is 0. The first kappa shape index (κ1) is 10.9. The lowest BCUT2D eigenvalue weighted by atomic mass is 9.79. The van der Waals surface area contributed by atoms with Gasteiger partial charge in [0.1, 0.15) is 5.82 Å². The van der Waals surface area contributed by atoms with Crippen LogP contribution >= 0.6 is 0 Å². The Morgan fingerprint density at radius 3 is 2.21 bits per heavy atom. The minimum absolute atomic E-state index is 0.341. The fraction of sp³-hybridized carbons (Fsp3) is 0.250. The van der Waals surface area contributed by atoms with Gasteiger partial charge >= 0.3 is 6.98 Å². The van der Waals surface area contributed by atoms with Gasteiger partial charge in [-0.3, -0.25) is 0 Å². The molecular weight excluding hydrogens is 199 g/mol. The molecule has 1 rings (SSSR count). The van der Waals surface area contributed by atoms with Gasteiger partial charge in [0.15, 0.2) is 5.75 Å².